The second-order valence-electron chi connectivity index (χ2n) is 6.90. The van der Waals surface area contributed by atoms with Gasteiger partial charge in [-0.1, -0.05) is 18.2 Å². The summed E-state index contributed by atoms with van der Waals surface area (Å²) in [5.41, 5.74) is 0.459. The van der Waals surface area contributed by atoms with E-state index < -0.39 is 0 Å². The van der Waals surface area contributed by atoms with Crippen LogP contribution in [0.1, 0.15) is 29.6 Å². The topological polar surface area (TPSA) is 49.4 Å². The highest BCUT2D eigenvalue weighted by Crippen LogP contribution is 2.20. The van der Waals surface area contributed by atoms with Gasteiger partial charge in [0.05, 0.1) is 5.92 Å². The van der Waals surface area contributed by atoms with Gasteiger partial charge in [-0.3, -0.25) is 9.59 Å². The molecule has 0 bridgehead atoms. The number of amides is 2. The molecule has 2 amide bonds. The number of carbonyl (C=O) groups is 2. The summed E-state index contributed by atoms with van der Waals surface area (Å²) in [6.45, 7) is 1.69. The first-order chi connectivity index (χ1) is 13.6. The number of benzene rings is 2. The van der Waals surface area contributed by atoms with Gasteiger partial charge in [0.1, 0.15) is 5.82 Å². The second-order valence-corrected chi connectivity index (χ2v) is 8.07. The average Bonchev–Trinajstić information content (AvgIpc) is 2.74. The Morgan fingerprint density at radius 3 is 2.61 bits per heavy atom. The van der Waals surface area contributed by atoms with Crippen molar-refractivity contribution in [3.05, 3.63) is 66.0 Å². The lowest BCUT2D eigenvalue weighted by atomic mass is 9.96. The zero-order chi connectivity index (χ0) is 19.8. The van der Waals surface area contributed by atoms with Crippen molar-refractivity contribution in [2.45, 2.75) is 24.2 Å². The molecule has 1 atom stereocenters. The summed E-state index contributed by atoms with van der Waals surface area (Å²) < 4.78 is 13.1. The Kier molecular flexibility index (Phi) is 7.48. The van der Waals surface area contributed by atoms with Crippen molar-refractivity contribution >= 4 is 23.6 Å². The number of carbonyl (C=O) groups excluding carboxylic acids is 2. The molecule has 4 nitrogen and oxygen atoms in total. The van der Waals surface area contributed by atoms with E-state index in [2.05, 4.69) is 17.4 Å². The third kappa shape index (κ3) is 5.83. The standard InChI is InChI=1S/C22H25FN2O2S/c23-19-11-9-17(10-12-19)22(27)25-14-4-6-18(16-25)21(26)24-13-5-15-28-20-7-2-1-3-8-20/h1-3,7-12,18H,4-6,13-16H2,(H,24,26). The third-order valence-corrected chi connectivity index (χ3v) is 5.90. The molecule has 28 heavy (non-hydrogen) atoms. The van der Waals surface area contributed by atoms with Crippen LogP contribution >= 0.6 is 11.8 Å². The van der Waals surface area contributed by atoms with E-state index >= 15 is 0 Å². The number of halogens is 1. The van der Waals surface area contributed by atoms with Crippen molar-refractivity contribution in [3.8, 4) is 0 Å². The van der Waals surface area contributed by atoms with E-state index in [0.717, 1.165) is 25.0 Å². The summed E-state index contributed by atoms with van der Waals surface area (Å²) in [4.78, 5) is 28.0. The number of hydrogen-bond acceptors (Lipinski definition) is 3. The predicted molar refractivity (Wildman–Crippen MR) is 110 cm³/mol. The lowest BCUT2D eigenvalue weighted by Crippen LogP contribution is -2.45. The van der Waals surface area contributed by atoms with Crippen LogP contribution in [0, 0.1) is 11.7 Å². The van der Waals surface area contributed by atoms with Crippen molar-refractivity contribution < 1.29 is 14.0 Å². The van der Waals surface area contributed by atoms with Gasteiger partial charge in [-0.2, -0.15) is 0 Å². The van der Waals surface area contributed by atoms with E-state index in [9.17, 15) is 14.0 Å². The highest BCUT2D eigenvalue weighted by molar-refractivity contribution is 7.99. The number of nitrogens with zero attached hydrogens (tertiary/aromatic N) is 1. The molecule has 1 fully saturated rings. The van der Waals surface area contributed by atoms with Crippen molar-refractivity contribution in [3.63, 3.8) is 0 Å². The first kappa shape index (κ1) is 20.4. The lowest BCUT2D eigenvalue weighted by molar-refractivity contribution is -0.126. The van der Waals surface area contributed by atoms with Crippen LogP contribution in [0.3, 0.4) is 0 Å². The molecular weight excluding hydrogens is 375 g/mol. The summed E-state index contributed by atoms with van der Waals surface area (Å²) in [6.07, 6.45) is 2.49. The van der Waals surface area contributed by atoms with Gasteiger partial charge < -0.3 is 10.2 Å². The zero-order valence-electron chi connectivity index (χ0n) is 15.8. The van der Waals surface area contributed by atoms with E-state index in [1.54, 1.807) is 16.7 Å². The number of hydrogen-bond donors (Lipinski definition) is 1. The quantitative estimate of drug-likeness (QED) is 0.565. The molecule has 6 heteroatoms. The molecule has 1 aliphatic rings. The molecule has 2 aromatic carbocycles. The first-order valence-corrected chi connectivity index (χ1v) is 10.6. The number of likely N-dealkylation sites (tertiary alicyclic amines) is 1. The molecule has 0 aliphatic carbocycles. The maximum Gasteiger partial charge on any atom is 0.253 e. The zero-order valence-corrected chi connectivity index (χ0v) is 16.6. The maximum absolute atomic E-state index is 13.1. The Bertz CT molecular complexity index is 783. The van der Waals surface area contributed by atoms with Crippen molar-refractivity contribution in [1.82, 2.24) is 10.2 Å². The smallest absolute Gasteiger partial charge is 0.253 e. The third-order valence-electron chi connectivity index (χ3n) is 4.80. The largest absolute Gasteiger partial charge is 0.356 e. The molecule has 0 aromatic heterocycles. The van der Waals surface area contributed by atoms with Gasteiger partial charge in [0, 0.05) is 30.1 Å². The van der Waals surface area contributed by atoms with Gasteiger partial charge in [0.25, 0.3) is 5.91 Å². The van der Waals surface area contributed by atoms with Crippen LogP contribution in [0.2, 0.25) is 0 Å². The molecular formula is C22H25FN2O2S. The first-order valence-electron chi connectivity index (χ1n) is 9.64. The minimum absolute atomic E-state index is 0.0151. The van der Waals surface area contributed by atoms with Crippen LogP contribution < -0.4 is 5.32 Å². The van der Waals surface area contributed by atoms with Gasteiger partial charge in [-0.05, 0) is 61.4 Å². The van der Waals surface area contributed by atoms with Crippen LogP contribution in [-0.4, -0.2) is 42.1 Å². The van der Waals surface area contributed by atoms with E-state index in [0.29, 0.717) is 25.2 Å². The number of thioether (sulfide) groups is 1. The normalized spacial score (nSPS) is 16.6. The van der Waals surface area contributed by atoms with Crippen molar-refractivity contribution in [2.24, 2.45) is 5.92 Å². The Labute approximate surface area is 169 Å². The molecule has 1 saturated heterocycles. The van der Waals surface area contributed by atoms with Crippen LogP contribution in [0.5, 0.6) is 0 Å². The Balaban J connectivity index is 1.41. The van der Waals surface area contributed by atoms with Crippen LogP contribution in [-0.2, 0) is 4.79 Å². The van der Waals surface area contributed by atoms with Crippen molar-refractivity contribution in [1.29, 1.82) is 0 Å². The fraction of sp³-hybridized carbons (Fsp3) is 0.364. The van der Waals surface area contributed by atoms with Gasteiger partial charge >= 0.3 is 0 Å². The summed E-state index contributed by atoms with van der Waals surface area (Å²) >= 11 is 1.78. The van der Waals surface area contributed by atoms with E-state index in [1.165, 1.54) is 29.2 Å². The van der Waals surface area contributed by atoms with Crippen molar-refractivity contribution in [2.75, 3.05) is 25.4 Å². The summed E-state index contributed by atoms with van der Waals surface area (Å²) in [7, 11) is 0. The van der Waals surface area contributed by atoms with E-state index in [4.69, 9.17) is 0 Å². The molecule has 148 valence electrons. The molecule has 0 saturated carbocycles. The number of rotatable bonds is 7. The van der Waals surface area contributed by atoms with Crippen LogP contribution in [0.25, 0.3) is 0 Å². The van der Waals surface area contributed by atoms with Gasteiger partial charge in [0.2, 0.25) is 5.91 Å². The molecule has 0 radical (unpaired) electrons. The van der Waals surface area contributed by atoms with Gasteiger partial charge in [-0.25, -0.2) is 4.39 Å². The highest BCUT2D eigenvalue weighted by Gasteiger charge is 2.28. The molecule has 1 unspecified atom stereocenters. The maximum atomic E-state index is 13.1. The average molecular weight is 401 g/mol. The fourth-order valence-electron chi connectivity index (χ4n) is 3.29. The second kappa shape index (κ2) is 10.3. The Morgan fingerprint density at radius 2 is 1.86 bits per heavy atom. The molecule has 0 spiro atoms. The minimum Gasteiger partial charge on any atom is -0.356 e. The highest BCUT2D eigenvalue weighted by atomic mass is 32.2. The summed E-state index contributed by atoms with van der Waals surface area (Å²) in [6, 6.07) is 15.8. The van der Waals surface area contributed by atoms with Gasteiger partial charge in [0.15, 0.2) is 0 Å². The molecule has 3 rings (SSSR count). The summed E-state index contributed by atoms with van der Waals surface area (Å²) in [5.74, 6) is 0.278. The van der Waals surface area contributed by atoms with E-state index in [1.807, 2.05) is 18.2 Å². The summed E-state index contributed by atoms with van der Waals surface area (Å²) in [5, 5.41) is 3.01. The fourth-order valence-corrected chi connectivity index (χ4v) is 4.16. The van der Waals surface area contributed by atoms with E-state index in [-0.39, 0.29) is 23.5 Å². The Morgan fingerprint density at radius 1 is 1.11 bits per heavy atom. The Hall–Kier alpha value is -2.34. The SMILES string of the molecule is O=C(NCCCSc1ccccc1)C1CCCN(C(=O)c2ccc(F)cc2)C1. The monoisotopic (exact) mass is 400 g/mol. The molecule has 1 aliphatic heterocycles. The predicted octanol–water partition coefficient (Wildman–Crippen LogP) is 3.98. The molecule has 1 N–H and O–H groups in total. The lowest BCUT2D eigenvalue weighted by Gasteiger charge is -2.32. The molecule has 1 heterocycles. The van der Waals surface area contributed by atoms with Crippen LogP contribution in [0.15, 0.2) is 59.5 Å². The van der Waals surface area contributed by atoms with Gasteiger partial charge in [-0.15, -0.1) is 11.8 Å². The molecule has 2 aromatic rings. The minimum atomic E-state index is -0.363. The van der Waals surface area contributed by atoms with Crippen LogP contribution in [0.4, 0.5) is 4.39 Å². The number of piperidine rings is 1. The number of nitrogens with one attached hydrogen (secondary N) is 1.